The van der Waals surface area contributed by atoms with Crippen LogP contribution in [0.4, 0.5) is 4.79 Å². The molecule has 2 N–H and O–H groups in total. The van der Waals surface area contributed by atoms with Crippen molar-refractivity contribution in [1.82, 2.24) is 10.6 Å². The van der Waals surface area contributed by atoms with Crippen molar-refractivity contribution < 1.29 is 28.7 Å². The predicted octanol–water partition coefficient (Wildman–Crippen LogP) is 1.75. The fourth-order valence-electron chi connectivity index (χ4n) is 2.94. The second kappa shape index (κ2) is 9.70. The molecule has 8 heteroatoms. The minimum absolute atomic E-state index is 0.0846. The first kappa shape index (κ1) is 20.4. The maximum Gasteiger partial charge on any atom is 0.321 e. The monoisotopic (exact) mass is 376 g/mol. The van der Waals surface area contributed by atoms with Crippen molar-refractivity contribution in [2.75, 3.05) is 13.7 Å². The number of amides is 3. The minimum atomic E-state index is -0.705. The summed E-state index contributed by atoms with van der Waals surface area (Å²) < 4.78 is 10.1. The Labute approximate surface area is 157 Å². The summed E-state index contributed by atoms with van der Waals surface area (Å²) in [6.45, 7) is 0.858. The van der Waals surface area contributed by atoms with Gasteiger partial charge in [-0.2, -0.15) is 0 Å². The Bertz CT molecular complexity index is 725. The molecular formula is C19H24N2O6. The lowest BCUT2D eigenvalue weighted by molar-refractivity contribution is -0.147. The maximum atomic E-state index is 12.0. The Morgan fingerprint density at radius 2 is 1.85 bits per heavy atom. The van der Waals surface area contributed by atoms with Crippen LogP contribution in [0.3, 0.4) is 0 Å². The molecule has 0 aromatic heterocycles. The maximum absolute atomic E-state index is 12.0. The number of ether oxygens (including phenoxy) is 2. The predicted molar refractivity (Wildman–Crippen MR) is 96.6 cm³/mol. The van der Waals surface area contributed by atoms with Gasteiger partial charge in [-0.3, -0.25) is 19.7 Å². The van der Waals surface area contributed by atoms with Gasteiger partial charge in [-0.25, -0.2) is 4.79 Å². The van der Waals surface area contributed by atoms with E-state index in [1.165, 1.54) is 14.0 Å². The summed E-state index contributed by atoms with van der Waals surface area (Å²) in [6.07, 6.45) is 3.76. The molecule has 27 heavy (non-hydrogen) atoms. The van der Waals surface area contributed by atoms with Crippen molar-refractivity contribution in [3.63, 3.8) is 0 Å². The zero-order valence-corrected chi connectivity index (χ0v) is 15.5. The Kier molecular flexibility index (Phi) is 7.34. The lowest BCUT2D eigenvalue weighted by Gasteiger charge is -2.12. The topological polar surface area (TPSA) is 111 Å². The summed E-state index contributed by atoms with van der Waals surface area (Å²) in [5.41, 5.74) is 0.925. The van der Waals surface area contributed by atoms with E-state index in [0.717, 1.165) is 25.7 Å². The molecule has 0 radical (unpaired) electrons. The van der Waals surface area contributed by atoms with E-state index in [-0.39, 0.29) is 18.2 Å². The largest absolute Gasteiger partial charge is 0.496 e. The van der Waals surface area contributed by atoms with Crippen LogP contribution in [-0.4, -0.2) is 43.4 Å². The summed E-state index contributed by atoms with van der Waals surface area (Å²) >= 11 is 0. The summed E-state index contributed by atoms with van der Waals surface area (Å²) in [5.74, 6) is -1.07. The average molecular weight is 376 g/mol. The van der Waals surface area contributed by atoms with Gasteiger partial charge in [-0.05, 0) is 38.0 Å². The molecule has 3 amide bonds. The van der Waals surface area contributed by atoms with E-state index < -0.39 is 24.5 Å². The highest BCUT2D eigenvalue weighted by molar-refractivity contribution is 5.96. The van der Waals surface area contributed by atoms with Gasteiger partial charge in [0, 0.05) is 17.2 Å². The smallest absolute Gasteiger partial charge is 0.321 e. The third-order valence-electron chi connectivity index (χ3n) is 4.33. The first-order valence-electron chi connectivity index (χ1n) is 8.83. The number of carbonyl (C=O) groups is 4. The van der Waals surface area contributed by atoms with Crippen LogP contribution in [0.2, 0.25) is 0 Å². The molecule has 1 aliphatic rings. The number of hydrogen-bond donors (Lipinski definition) is 2. The van der Waals surface area contributed by atoms with E-state index in [9.17, 15) is 19.2 Å². The normalized spacial score (nSPS) is 13.7. The highest BCUT2D eigenvalue weighted by atomic mass is 16.5. The number of hydrogen-bond acceptors (Lipinski definition) is 6. The van der Waals surface area contributed by atoms with Gasteiger partial charge in [0.15, 0.2) is 12.4 Å². The van der Waals surface area contributed by atoms with Gasteiger partial charge >= 0.3 is 12.0 Å². The van der Waals surface area contributed by atoms with Crippen LogP contribution in [0.15, 0.2) is 18.2 Å². The van der Waals surface area contributed by atoms with E-state index in [0.29, 0.717) is 16.9 Å². The van der Waals surface area contributed by atoms with Crippen LogP contribution >= 0.6 is 0 Å². The first-order valence-corrected chi connectivity index (χ1v) is 8.83. The summed E-state index contributed by atoms with van der Waals surface area (Å²) in [5, 5.41) is 4.85. The van der Waals surface area contributed by atoms with Crippen molar-refractivity contribution in [1.29, 1.82) is 0 Å². The van der Waals surface area contributed by atoms with Crippen LogP contribution in [0.5, 0.6) is 5.75 Å². The molecule has 0 aliphatic heterocycles. The lowest BCUT2D eigenvalue weighted by Crippen LogP contribution is -2.45. The van der Waals surface area contributed by atoms with Gasteiger partial charge < -0.3 is 14.8 Å². The van der Waals surface area contributed by atoms with Crippen molar-refractivity contribution in [3.05, 3.63) is 29.3 Å². The number of Topliss-reactive ketones (excluding diaryl/α,β-unsaturated/α-hetero) is 1. The molecule has 1 saturated carbocycles. The molecule has 0 atom stereocenters. The van der Waals surface area contributed by atoms with Gasteiger partial charge in [0.1, 0.15) is 5.75 Å². The summed E-state index contributed by atoms with van der Waals surface area (Å²) in [7, 11) is 1.45. The van der Waals surface area contributed by atoms with E-state index in [1.54, 1.807) is 18.2 Å². The number of methoxy groups -OCH3 is 1. The SMILES string of the molecule is COc1ccc(C(C)=O)cc1CC(=O)OCC(=O)NC(=O)NC1CCCC1. The van der Waals surface area contributed by atoms with Crippen molar-refractivity contribution in [3.8, 4) is 5.75 Å². The third kappa shape index (κ3) is 6.40. The molecule has 0 bridgehead atoms. The minimum Gasteiger partial charge on any atom is -0.496 e. The van der Waals surface area contributed by atoms with Gasteiger partial charge in [0.25, 0.3) is 5.91 Å². The summed E-state index contributed by atoms with van der Waals surface area (Å²) in [6, 6.07) is 4.25. The van der Waals surface area contributed by atoms with Crippen LogP contribution in [0.1, 0.15) is 48.5 Å². The Morgan fingerprint density at radius 1 is 1.15 bits per heavy atom. The van der Waals surface area contributed by atoms with Crippen LogP contribution in [0.25, 0.3) is 0 Å². The molecule has 1 aromatic rings. The number of imide groups is 1. The molecule has 1 aliphatic carbocycles. The Balaban J connectivity index is 1.81. The number of urea groups is 1. The van der Waals surface area contributed by atoms with E-state index in [1.807, 2.05) is 0 Å². The molecular weight excluding hydrogens is 352 g/mol. The number of esters is 1. The molecule has 8 nitrogen and oxygen atoms in total. The standard InChI is InChI=1S/C19H24N2O6/c1-12(22)13-7-8-16(26-2)14(9-13)10-18(24)27-11-17(23)21-19(25)20-15-5-3-4-6-15/h7-9,15H,3-6,10-11H2,1-2H3,(H2,20,21,23,25). The first-order chi connectivity index (χ1) is 12.9. The number of nitrogens with one attached hydrogen (secondary N) is 2. The molecule has 0 unspecified atom stereocenters. The average Bonchev–Trinajstić information content (AvgIpc) is 3.12. The molecule has 0 saturated heterocycles. The van der Waals surface area contributed by atoms with Gasteiger partial charge in [-0.15, -0.1) is 0 Å². The number of benzene rings is 1. The van der Waals surface area contributed by atoms with Crippen molar-refractivity contribution >= 4 is 23.7 Å². The number of ketones is 1. The fourth-order valence-corrected chi connectivity index (χ4v) is 2.94. The number of rotatable bonds is 7. The molecule has 146 valence electrons. The van der Waals surface area contributed by atoms with Crippen LogP contribution in [0, 0.1) is 0 Å². The molecule has 0 heterocycles. The van der Waals surface area contributed by atoms with Crippen LogP contribution < -0.4 is 15.4 Å². The Hall–Kier alpha value is -2.90. The second-order valence-corrected chi connectivity index (χ2v) is 6.42. The molecule has 2 rings (SSSR count). The third-order valence-corrected chi connectivity index (χ3v) is 4.33. The van der Waals surface area contributed by atoms with E-state index in [4.69, 9.17) is 9.47 Å². The van der Waals surface area contributed by atoms with Crippen LogP contribution in [-0.2, 0) is 20.7 Å². The quantitative estimate of drug-likeness (QED) is 0.554. The zero-order valence-electron chi connectivity index (χ0n) is 15.5. The Morgan fingerprint density at radius 3 is 2.48 bits per heavy atom. The molecule has 1 fully saturated rings. The van der Waals surface area contributed by atoms with Crippen molar-refractivity contribution in [2.45, 2.75) is 45.1 Å². The second-order valence-electron chi connectivity index (χ2n) is 6.42. The van der Waals surface area contributed by atoms with Gasteiger partial charge in [0.2, 0.25) is 0 Å². The molecule has 0 spiro atoms. The fraction of sp³-hybridized carbons (Fsp3) is 0.474. The van der Waals surface area contributed by atoms with E-state index >= 15 is 0 Å². The highest BCUT2D eigenvalue weighted by Gasteiger charge is 2.19. The van der Waals surface area contributed by atoms with Crippen molar-refractivity contribution in [2.24, 2.45) is 0 Å². The summed E-state index contributed by atoms with van der Waals surface area (Å²) in [4.78, 5) is 46.9. The number of carbonyl (C=O) groups excluding carboxylic acids is 4. The zero-order chi connectivity index (χ0) is 19.8. The van der Waals surface area contributed by atoms with Gasteiger partial charge in [-0.1, -0.05) is 12.8 Å². The lowest BCUT2D eigenvalue weighted by atomic mass is 10.0. The van der Waals surface area contributed by atoms with E-state index in [2.05, 4.69) is 10.6 Å². The van der Waals surface area contributed by atoms with Gasteiger partial charge in [0.05, 0.1) is 13.5 Å². The molecule has 1 aromatic carbocycles. The highest BCUT2D eigenvalue weighted by Crippen LogP contribution is 2.21.